The van der Waals surface area contributed by atoms with Crippen molar-refractivity contribution in [2.45, 2.75) is 38.5 Å². The molecule has 290 valence electrons. The standard InChI is InChI=1S/C33H30FN5O2.2C2HF3O2/c1-3-19-13-26(31(34)29(14-19)41-4-2)30(27-16-21-15-22(35)9-10-24(21)32(36)38-27)33-37-17-28(39-33)25-8-6-5-7-23(25)20-11-12-40-18-20;2*3-2(4,5)1(6)7/h5-18,30H,3-4,35H2,1-2H3,(H2,36,38)(H,37,39);2*(H,6,7). The third-order valence-corrected chi connectivity index (χ3v) is 7.75. The molecule has 0 aliphatic carbocycles. The van der Waals surface area contributed by atoms with Gasteiger partial charge in [-0.15, -0.1) is 0 Å². The van der Waals surface area contributed by atoms with E-state index in [1.165, 1.54) is 0 Å². The average molecular weight is 776 g/mol. The number of halogens is 7. The van der Waals surface area contributed by atoms with Crippen LogP contribution >= 0.6 is 0 Å². The van der Waals surface area contributed by atoms with Crippen LogP contribution in [0, 0.1) is 5.82 Å². The maximum Gasteiger partial charge on any atom is 0.490 e. The van der Waals surface area contributed by atoms with Gasteiger partial charge in [-0.25, -0.2) is 23.9 Å². The van der Waals surface area contributed by atoms with Crippen molar-refractivity contribution in [1.82, 2.24) is 15.0 Å². The van der Waals surface area contributed by atoms with Gasteiger partial charge in [-0.3, -0.25) is 0 Å². The lowest BCUT2D eigenvalue weighted by Gasteiger charge is -2.20. The average Bonchev–Trinajstić information content (AvgIpc) is 3.83. The largest absolute Gasteiger partial charge is 0.491 e. The summed E-state index contributed by atoms with van der Waals surface area (Å²) in [5.74, 6) is -5.63. The van der Waals surface area contributed by atoms with E-state index in [4.69, 9.17) is 50.4 Å². The summed E-state index contributed by atoms with van der Waals surface area (Å²) in [7, 11) is 0. The maximum absolute atomic E-state index is 16.2. The minimum atomic E-state index is -5.08. The molecule has 0 spiro atoms. The summed E-state index contributed by atoms with van der Waals surface area (Å²) in [6, 6.07) is 20.8. The van der Waals surface area contributed by atoms with Gasteiger partial charge in [0.1, 0.15) is 11.6 Å². The Bertz CT molecular complexity index is 2250. The predicted octanol–water partition coefficient (Wildman–Crippen LogP) is 8.60. The SMILES string of the molecule is CCOc1cc(CC)cc(C(c2cc3cc(N)ccc3c(N)n2)c2ncc(-c3ccccc3-c3ccoc3)[nH]2)c1F.O=C(O)C(F)(F)F.O=C(O)C(F)(F)F. The maximum atomic E-state index is 16.2. The second-order valence-corrected chi connectivity index (χ2v) is 11.5. The van der Waals surface area contributed by atoms with E-state index in [9.17, 15) is 26.3 Å². The van der Waals surface area contributed by atoms with Crippen molar-refractivity contribution in [2.24, 2.45) is 0 Å². The molecule has 1 atom stereocenters. The fourth-order valence-corrected chi connectivity index (χ4v) is 5.28. The van der Waals surface area contributed by atoms with E-state index in [0.29, 0.717) is 41.6 Å². The number of nitrogens with two attached hydrogens (primary N) is 2. The van der Waals surface area contributed by atoms with Gasteiger partial charge in [0.15, 0.2) is 11.6 Å². The molecular weight excluding hydrogens is 743 g/mol. The van der Waals surface area contributed by atoms with Crippen molar-refractivity contribution in [1.29, 1.82) is 0 Å². The molecule has 0 radical (unpaired) electrons. The Balaban J connectivity index is 0.000000410. The molecule has 11 nitrogen and oxygen atoms in total. The Hall–Kier alpha value is -6.59. The highest BCUT2D eigenvalue weighted by atomic mass is 19.4. The number of pyridine rings is 1. The Morgan fingerprint density at radius 1 is 0.909 bits per heavy atom. The van der Waals surface area contributed by atoms with E-state index in [2.05, 4.69) is 4.98 Å². The van der Waals surface area contributed by atoms with Crippen molar-refractivity contribution in [3.63, 3.8) is 0 Å². The summed E-state index contributed by atoms with van der Waals surface area (Å²) in [6.07, 6.45) is -4.37. The molecule has 1 unspecified atom stereocenters. The van der Waals surface area contributed by atoms with E-state index in [1.54, 1.807) is 30.9 Å². The number of furan rings is 1. The smallest absolute Gasteiger partial charge is 0.490 e. The number of aliphatic carboxylic acids is 2. The summed E-state index contributed by atoms with van der Waals surface area (Å²) in [6.45, 7) is 4.19. The van der Waals surface area contributed by atoms with Gasteiger partial charge in [-0.1, -0.05) is 37.3 Å². The molecule has 3 aromatic carbocycles. The predicted molar refractivity (Wildman–Crippen MR) is 188 cm³/mol. The van der Waals surface area contributed by atoms with Gasteiger partial charge in [0.05, 0.1) is 42.6 Å². The van der Waals surface area contributed by atoms with Crippen LogP contribution < -0.4 is 16.2 Å². The van der Waals surface area contributed by atoms with Crippen LogP contribution in [0.3, 0.4) is 0 Å². The van der Waals surface area contributed by atoms with Crippen LogP contribution in [0.4, 0.5) is 42.2 Å². The zero-order valence-corrected chi connectivity index (χ0v) is 28.8. The summed E-state index contributed by atoms with van der Waals surface area (Å²) < 4.78 is 90.7. The highest BCUT2D eigenvalue weighted by molar-refractivity contribution is 5.93. The molecule has 55 heavy (non-hydrogen) atoms. The van der Waals surface area contributed by atoms with Gasteiger partial charge in [-0.2, -0.15) is 26.3 Å². The lowest BCUT2D eigenvalue weighted by atomic mass is 9.90. The number of nitrogens with one attached hydrogen (secondary N) is 1. The number of alkyl halides is 6. The molecule has 18 heteroatoms. The molecule has 3 heterocycles. The highest BCUT2D eigenvalue weighted by Crippen LogP contribution is 2.39. The fraction of sp³-hybridized carbons (Fsp3) is 0.189. The molecular formula is C37H32F7N5O6. The molecule has 0 bridgehead atoms. The van der Waals surface area contributed by atoms with Gasteiger partial charge in [-0.05, 0) is 66.3 Å². The number of carbonyl (C=O) groups is 2. The molecule has 0 saturated carbocycles. The van der Waals surface area contributed by atoms with Gasteiger partial charge < -0.3 is 35.8 Å². The van der Waals surface area contributed by atoms with Crippen molar-refractivity contribution < 1.29 is 59.7 Å². The van der Waals surface area contributed by atoms with Crippen molar-refractivity contribution in [2.75, 3.05) is 18.1 Å². The number of ether oxygens (including phenoxy) is 1. The number of aromatic amines is 1. The second-order valence-electron chi connectivity index (χ2n) is 11.5. The molecule has 0 saturated heterocycles. The molecule has 3 aromatic heterocycles. The Labute approximate surface area is 307 Å². The topological polar surface area (TPSA) is 191 Å². The van der Waals surface area contributed by atoms with Crippen LogP contribution in [-0.2, 0) is 16.0 Å². The van der Waals surface area contributed by atoms with Crippen LogP contribution in [0.5, 0.6) is 5.75 Å². The van der Waals surface area contributed by atoms with Gasteiger partial charge >= 0.3 is 24.3 Å². The van der Waals surface area contributed by atoms with E-state index < -0.39 is 36.0 Å². The van der Waals surface area contributed by atoms with Crippen LogP contribution in [0.2, 0.25) is 0 Å². The number of aryl methyl sites for hydroxylation is 1. The summed E-state index contributed by atoms with van der Waals surface area (Å²) in [5.41, 5.74) is 18.6. The van der Waals surface area contributed by atoms with Crippen LogP contribution in [0.25, 0.3) is 33.2 Å². The lowest BCUT2D eigenvalue weighted by Crippen LogP contribution is -2.21. The number of benzene rings is 3. The molecule has 7 N–H and O–H groups in total. The number of anilines is 2. The number of hydrogen-bond acceptors (Lipinski definition) is 8. The minimum absolute atomic E-state index is 0.196. The minimum Gasteiger partial charge on any atom is -0.491 e. The van der Waals surface area contributed by atoms with E-state index >= 15 is 4.39 Å². The Morgan fingerprint density at radius 3 is 2.11 bits per heavy atom. The van der Waals surface area contributed by atoms with Crippen molar-refractivity contribution in [3.8, 4) is 28.1 Å². The van der Waals surface area contributed by atoms with Crippen LogP contribution in [0.15, 0.2) is 89.9 Å². The molecule has 0 aliphatic heterocycles. The summed E-state index contributed by atoms with van der Waals surface area (Å²) >= 11 is 0. The number of imidazole rings is 1. The molecule has 0 fully saturated rings. The first-order valence-corrected chi connectivity index (χ1v) is 16.0. The second kappa shape index (κ2) is 17.0. The summed E-state index contributed by atoms with van der Waals surface area (Å²) in [5, 5.41) is 15.8. The number of nitrogens with zero attached hydrogens (tertiary/aromatic N) is 2. The number of fused-ring (bicyclic) bond motifs is 1. The first-order valence-electron chi connectivity index (χ1n) is 16.0. The van der Waals surface area contributed by atoms with Gasteiger partial charge in [0.2, 0.25) is 0 Å². The number of aromatic nitrogens is 3. The van der Waals surface area contributed by atoms with E-state index in [-0.39, 0.29) is 5.75 Å². The normalized spacial score (nSPS) is 11.9. The number of carboxylic acid groups (broad SMARTS) is 2. The molecule has 6 rings (SSSR count). The number of rotatable bonds is 8. The first kappa shape index (κ1) is 41.2. The Kier molecular flexibility index (Phi) is 12.8. The fourth-order valence-electron chi connectivity index (χ4n) is 5.28. The third-order valence-electron chi connectivity index (χ3n) is 7.75. The third kappa shape index (κ3) is 10.1. The van der Waals surface area contributed by atoms with Crippen molar-refractivity contribution >= 4 is 34.2 Å². The monoisotopic (exact) mass is 775 g/mol. The Morgan fingerprint density at radius 2 is 1.55 bits per heavy atom. The number of H-pyrrole nitrogens is 1. The van der Waals surface area contributed by atoms with Crippen LogP contribution in [-0.4, -0.2) is 56.1 Å². The van der Waals surface area contributed by atoms with Crippen molar-refractivity contribution in [3.05, 3.63) is 114 Å². The zero-order chi connectivity index (χ0) is 40.7. The van der Waals surface area contributed by atoms with E-state index in [1.807, 2.05) is 68.4 Å². The molecule has 6 aromatic rings. The number of nitrogen functional groups attached to an aromatic ring is 2. The highest BCUT2D eigenvalue weighted by Gasteiger charge is 2.39. The summed E-state index contributed by atoms with van der Waals surface area (Å²) in [4.78, 5) is 30.8. The van der Waals surface area contributed by atoms with Crippen LogP contribution in [0.1, 0.15) is 42.4 Å². The van der Waals surface area contributed by atoms with Gasteiger partial charge in [0, 0.05) is 27.8 Å². The number of hydrogen-bond donors (Lipinski definition) is 5. The quantitative estimate of drug-likeness (QED) is 0.0739. The molecule has 0 amide bonds. The van der Waals surface area contributed by atoms with Gasteiger partial charge in [0.25, 0.3) is 0 Å². The number of carboxylic acids is 2. The lowest BCUT2D eigenvalue weighted by molar-refractivity contribution is -0.193. The van der Waals surface area contributed by atoms with E-state index in [0.717, 1.165) is 38.7 Å². The zero-order valence-electron chi connectivity index (χ0n) is 28.8. The molecule has 0 aliphatic rings. The first-order chi connectivity index (χ1) is 25.8.